The molecule has 0 aromatic carbocycles. The summed E-state index contributed by atoms with van der Waals surface area (Å²) < 4.78 is 0. The van der Waals surface area contributed by atoms with Gasteiger partial charge in [-0.25, -0.2) is 4.98 Å². The SMILES string of the molecule is CNC(=O)c1n[nH]c2c1CN(c1nc(N(C)C)nc(C)c1C)CC2. The van der Waals surface area contributed by atoms with E-state index in [-0.39, 0.29) is 5.91 Å². The van der Waals surface area contributed by atoms with Gasteiger partial charge in [0.2, 0.25) is 5.95 Å². The average Bonchev–Trinajstić information content (AvgIpc) is 2.99. The van der Waals surface area contributed by atoms with E-state index in [0.29, 0.717) is 18.2 Å². The number of H-pyrrole nitrogens is 1. The first-order valence-corrected chi connectivity index (χ1v) is 7.98. The maximum absolute atomic E-state index is 12.0. The first kappa shape index (κ1) is 16.2. The van der Waals surface area contributed by atoms with Crippen LogP contribution in [-0.4, -0.2) is 53.8 Å². The Balaban J connectivity index is 1.99. The number of aryl methyl sites for hydroxylation is 1. The molecule has 1 aliphatic rings. The number of hydrogen-bond acceptors (Lipinski definition) is 6. The number of amides is 1. The lowest BCUT2D eigenvalue weighted by Crippen LogP contribution is -2.33. The van der Waals surface area contributed by atoms with Crippen LogP contribution in [0.2, 0.25) is 0 Å². The van der Waals surface area contributed by atoms with Gasteiger partial charge in [-0.3, -0.25) is 9.89 Å². The second-order valence-electron chi connectivity index (χ2n) is 6.23. The first-order valence-electron chi connectivity index (χ1n) is 7.98. The summed E-state index contributed by atoms with van der Waals surface area (Å²) in [5.74, 6) is 1.44. The molecule has 0 fully saturated rings. The van der Waals surface area contributed by atoms with E-state index >= 15 is 0 Å². The van der Waals surface area contributed by atoms with Crippen LogP contribution in [0.4, 0.5) is 11.8 Å². The second kappa shape index (κ2) is 6.10. The summed E-state index contributed by atoms with van der Waals surface area (Å²) in [4.78, 5) is 25.4. The molecule has 24 heavy (non-hydrogen) atoms. The molecule has 1 aliphatic heterocycles. The molecule has 3 heterocycles. The van der Waals surface area contributed by atoms with Gasteiger partial charge in [0.05, 0.1) is 0 Å². The number of hydrogen-bond donors (Lipinski definition) is 2. The molecular weight excluding hydrogens is 306 g/mol. The Hall–Kier alpha value is -2.64. The summed E-state index contributed by atoms with van der Waals surface area (Å²) in [5.41, 5.74) is 4.47. The van der Waals surface area contributed by atoms with Crippen molar-refractivity contribution < 1.29 is 4.79 Å². The molecule has 0 bridgehead atoms. The number of carbonyl (C=O) groups excluding carboxylic acids is 1. The Morgan fingerprint density at radius 3 is 2.71 bits per heavy atom. The Bertz CT molecular complexity index is 781. The monoisotopic (exact) mass is 329 g/mol. The summed E-state index contributed by atoms with van der Waals surface area (Å²) in [6.07, 6.45) is 0.805. The molecule has 0 atom stereocenters. The van der Waals surface area contributed by atoms with E-state index in [9.17, 15) is 4.79 Å². The van der Waals surface area contributed by atoms with Crippen LogP contribution < -0.4 is 15.1 Å². The van der Waals surface area contributed by atoms with E-state index in [1.54, 1.807) is 7.05 Å². The van der Waals surface area contributed by atoms with Gasteiger partial charge in [0.15, 0.2) is 5.69 Å². The predicted molar refractivity (Wildman–Crippen MR) is 92.6 cm³/mol. The van der Waals surface area contributed by atoms with Crippen LogP contribution in [0.15, 0.2) is 0 Å². The van der Waals surface area contributed by atoms with Crippen molar-refractivity contribution in [2.75, 3.05) is 37.5 Å². The van der Waals surface area contributed by atoms with Crippen LogP contribution in [0.1, 0.15) is 33.0 Å². The number of nitrogens with zero attached hydrogens (tertiary/aromatic N) is 5. The fourth-order valence-electron chi connectivity index (χ4n) is 2.89. The lowest BCUT2D eigenvalue weighted by molar-refractivity contribution is 0.0957. The number of anilines is 2. The quantitative estimate of drug-likeness (QED) is 0.866. The fraction of sp³-hybridized carbons (Fsp3) is 0.500. The molecule has 3 rings (SSSR count). The highest BCUT2D eigenvalue weighted by Crippen LogP contribution is 2.28. The molecule has 0 aliphatic carbocycles. The largest absolute Gasteiger partial charge is 0.354 e. The zero-order valence-electron chi connectivity index (χ0n) is 14.8. The van der Waals surface area contributed by atoms with Crippen molar-refractivity contribution >= 4 is 17.7 Å². The Labute approximate surface area is 141 Å². The van der Waals surface area contributed by atoms with Crippen LogP contribution in [0.3, 0.4) is 0 Å². The molecule has 8 heteroatoms. The van der Waals surface area contributed by atoms with Crippen LogP contribution >= 0.6 is 0 Å². The first-order chi connectivity index (χ1) is 11.4. The maximum atomic E-state index is 12.0. The van der Waals surface area contributed by atoms with Crippen LogP contribution in [-0.2, 0) is 13.0 Å². The van der Waals surface area contributed by atoms with Gasteiger partial charge in [-0.2, -0.15) is 10.1 Å². The van der Waals surface area contributed by atoms with Crippen molar-refractivity contribution in [1.29, 1.82) is 0 Å². The number of aromatic nitrogens is 4. The number of fused-ring (bicyclic) bond motifs is 1. The minimum Gasteiger partial charge on any atom is -0.354 e. The zero-order chi connectivity index (χ0) is 17.4. The zero-order valence-corrected chi connectivity index (χ0v) is 14.8. The molecule has 0 radical (unpaired) electrons. The van der Waals surface area contributed by atoms with Crippen molar-refractivity contribution in [3.63, 3.8) is 0 Å². The van der Waals surface area contributed by atoms with Crippen LogP contribution in [0.25, 0.3) is 0 Å². The molecule has 0 saturated carbocycles. The molecule has 8 nitrogen and oxygen atoms in total. The van der Waals surface area contributed by atoms with E-state index in [2.05, 4.69) is 25.4 Å². The normalized spacial score (nSPS) is 13.6. The van der Waals surface area contributed by atoms with Gasteiger partial charge < -0.3 is 15.1 Å². The Kier molecular flexibility index (Phi) is 4.13. The molecule has 2 aromatic heterocycles. The van der Waals surface area contributed by atoms with Crippen LogP contribution in [0, 0.1) is 13.8 Å². The van der Waals surface area contributed by atoms with Crippen molar-refractivity contribution in [2.24, 2.45) is 0 Å². The molecule has 0 saturated heterocycles. The van der Waals surface area contributed by atoms with E-state index in [0.717, 1.165) is 41.3 Å². The Morgan fingerprint density at radius 2 is 2.04 bits per heavy atom. The Morgan fingerprint density at radius 1 is 1.29 bits per heavy atom. The lowest BCUT2D eigenvalue weighted by atomic mass is 10.0. The summed E-state index contributed by atoms with van der Waals surface area (Å²) in [6.45, 7) is 5.47. The van der Waals surface area contributed by atoms with E-state index in [1.165, 1.54) is 0 Å². The third-order valence-corrected chi connectivity index (χ3v) is 4.43. The fourth-order valence-corrected chi connectivity index (χ4v) is 2.89. The number of rotatable bonds is 3. The highest BCUT2D eigenvalue weighted by atomic mass is 16.1. The molecule has 0 spiro atoms. The van der Waals surface area contributed by atoms with Crippen molar-refractivity contribution in [1.82, 2.24) is 25.5 Å². The third-order valence-electron chi connectivity index (χ3n) is 4.43. The summed E-state index contributed by atoms with van der Waals surface area (Å²) in [7, 11) is 5.48. The van der Waals surface area contributed by atoms with E-state index in [4.69, 9.17) is 4.98 Å². The minimum absolute atomic E-state index is 0.168. The van der Waals surface area contributed by atoms with Gasteiger partial charge >= 0.3 is 0 Å². The molecule has 128 valence electrons. The predicted octanol–water partition coefficient (Wildman–Crippen LogP) is 0.805. The standard InChI is InChI=1S/C16H23N7O/c1-9-10(2)18-16(22(4)5)19-14(9)23-7-6-12-11(8-23)13(21-20-12)15(24)17-3/h6-8H2,1-5H3,(H,17,24)(H,20,21). The summed E-state index contributed by atoms with van der Waals surface area (Å²) in [5, 5.41) is 9.81. The van der Waals surface area contributed by atoms with E-state index < -0.39 is 0 Å². The average molecular weight is 329 g/mol. The van der Waals surface area contributed by atoms with Gasteiger partial charge in [0, 0.05) is 63.2 Å². The molecule has 2 N–H and O–H groups in total. The van der Waals surface area contributed by atoms with Gasteiger partial charge in [-0.05, 0) is 13.8 Å². The van der Waals surface area contributed by atoms with Gasteiger partial charge in [-0.1, -0.05) is 0 Å². The second-order valence-corrected chi connectivity index (χ2v) is 6.23. The minimum atomic E-state index is -0.168. The highest BCUT2D eigenvalue weighted by molar-refractivity contribution is 5.93. The smallest absolute Gasteiger partial charge is 0.271 e. The van der Waals surface area contributed by atoms with Crippen molar-refractivity contribution in [3.05, 3.63) is 28.2 Å². The summed E-state index contributed by atoms with van der Waals surface area (Å²) in [6, 6.07) is 0. The van der Waals surface area contributed by atoms with Gasteiger partial charge in [0.25, 0.3) is 5.91 Å². The third kappa shape index (κ3) is 2.68. The lowest BCUT2D eigenvalue weighted by Gasteiger charge is -2.30. The van der Waals surface area contributed by atoms with Crippen molar-refractivity contribution in [3.8, 4) is 0 Å². The van der Waals surface area contributed by atoms with E-state index in [1.807, 2.05) is 32.8 Å². The molecule has 0 unspecified atom stereocenters. The number of carbonyl (C=O) groups is 1. The van der Waals surface area contributed by atoms with Gasteiger partial charge in [0.1, 0.15) is 5.82 Å². The van der Waals surface area contributed by atoms with Crippen LogP contribution in [0.5, 0.6) is 0 Å². The maximum Gasteiger partial charge on any atom is 0.271 e. The number of nitrogens with one attached hydrogen (secondary N) is 2. The van der Waals surface area contributed by atoms with Gasteiger partial charge in [-0.15, -0.1) is 0 Å². The highest BCUT2D eigenvalue weighted by Gasteiger charge is 2.27. The number of aromatic amines is 1. The summed E-state index contributed by atoms with van der Waals surface area (Å²) >= 11 is 0. The topological polar surface area (TPSA) is 90.0 Å². The van der Waals surface area contributed by atoms with Crippen molar-refractivity contribution in [2.45, 2.75) is 26.8 Å². The molecule has 1 amide bonds. The molecule has 2 aromatic rings. The molecular formula is C16H23N7O.